The van der Waals surface area contributed by atoms with Crippen LogP contribution in [0.25, 0.3) is 0 Å². The summed E-state index contributed by atoms with van der Waals surface area (Å²) < 4.78 is 5.42. The minimum Gasteiger partial charge on any atom is -0.379 e. The summed E-state index contributed by atoms with van der Waals surface area (Å²) in [4.78, 5) is 17.4. The number of morpholine rings is 1. The second kappa shape index (κ2) is 6.00. The Morgan fingerprint density at radius 3 is 2.60 bits per heavy atom. The molecule has 1 amide bonds. The van der Waals surface area contributed by atoms with Crippen LogP contribution in [0.3, 0.4) is 0 Å². The molecule has 5 nitrogen and oxygen atoms in total. The Morgan fingerprint density at radius 1 is 1.20 bits per heavy atom. The van der Waals surface area contributed by atoms with Crippen LogP contribution < -0.4 is 5.32 Å². The number of carbonyl (C=O) groups is 1. The van der Waals surface area contributed by atoms with Gasteiger partial charge in [-0.2, -0.15) is 0 Å². The Hall–Kier alpha value is -0.650. The fourth-order valence-electron chi connectivity index (χ4n) is 3.74. The van der Waals surface area contributed by atoms with Crippen LogP contribution in [0.15, 0.2) is 0 Å². The summed E-state index contributed by atoms with van der Waals surface area (Å²) in [6, 6.07) is 0.549. The maximum Gasteiger partial charge on any atom is 0.228 e. The van der Waals surface area contributed by atoms with Gasteiger partial charge in [-0.1, -0.05) is 6.92 Å². The lowest BCUT2D eigenvalue weighted by molar-refractivity contribution is -0.141. The predicted octanol–water partition coefficient (Wildman–Crippen LogP) is 0.309. The van der Waals surface area contributed by atoms with Crippen molar-refractivity contribution in [2.45, 2.75) is 32.2 Å². The smallest absolute Gasteiger partial charge is 0.228 e. The third kappa shape index (κ3) is 2.85. The van der Waals surface area contributed by atoms with E-state index in [0.29, 0.717) is 11.9 Å². The molecular weight excluding hydrogens is 254 g/mol. The van der Waals surface area contributed by atoms with E-state index in [4.69, 9.17) is 4.74 Å². The minimum atomic E-state index is -0.134. The van der Waals surface area contributed by atoms with Crippen LogP contribution in [0.1, 0.15) is 26.2 Å². The van der Waals surface area contributed by atoms with Crippen molar-refractivity contribution in [3.63, 3.8) is 0 Å². The van der Waals surface area contributed by atoms with Gasteiger partial charge in [0.25, 0.3) is 0 Å². The van der Waals surface area contributed by atoms with Crippen molar-refractivity contribution in [1.82, 2.24) is 15.1 Å². The highest BCUT2D eigenvalue weighted by Gasteiger charge is 2.40. The zero-order chi connectivity index (χ0) is 14.0. The largest absolute Gasteiger partial charge is 0.379 e. The first-order chi connectivity index (χ1) is 9.69. The fraction of sp³-hybridized carbons (Fsp3) is 0.933. The molecule has 1 N–H and O–H groups in total. The van der Waals surface area contributed by atoms with E-state index in [9.17, 15) is 4.79 Å². The van der Waals surface area contributed by atoms with Crippen LogP contribution >= 0.6 is 0 Å². The van der Waals surface area contributed by atoms with Crippen LogP contribution in [0.5, 0.6) is 0 Å². The van der Waals surface area contributed by atoms with Crippen LogP contribution in [0, 0.1) is 5.41 Å². The number of nitrogens with zero attached hydrogens (tertiary/aromatic N) is 2. The molecule has 0 bridgehead atoms. The Labute approximate surface area is 121 Å². The van der Waals surface area contributed by atoms with Crippen molar-refractivity contribution < 1.29 is 9.53 Å². The minimum absolute atomic E-state index is 0.134. The van der Waals surface area contributed by atoms with Gasteiger partial charge >= 0.3 is 0 Å². The Bertz CT molecular complexity index is 349. The molecule has 3 saturated heterocycles. The molecule has 3 fully saturated rings. The van der Waals surface area contributed by atoms with E-state index in [1.54, 1.807) is 0 Å². The van der Waals surface area contributed by atoms with E-state index in [1.165, 1.54) is 0 Å². The Morgan fingerprint density at radius 2 is 1.90 bits per heavy atom. The highest BCUT2D eigenvalue weighted by atomic mass is 16.5. The lowest BCUT2D eigenvalue weighted by Gasteiger charge is -2.37. The monoisotopic (exact) mass is 281 g/mol. The van der Waals surface area contributed by atoms with Crippen molar-refractivity contribution in [2.75, 3.05) is 52.5 Å². The number of rotatable bonds is 2. The van der Waals surface area contributed by atoms with Crippen molar-refractivity contribution in [1.29, 1.82) is 0 Å². The molecule has 3 heterocycles. The summed E-state index contributed by atoms with van der Waals surface area (Å²) in [5.41, 5.74) is -0.134. The molecule has 0 spiro atoms. The van der Waals surface area contributed by atoms with Crippen LogP contribution in [-0.4, -0.2) is 74.2 Å². The predicted molar refractivity (Wildman–Crippen MR) is 77.6 cm³/mol. The highest BCUT2D eigenvalue weighted by Crippen LogP contribution is 2.32. The lowest BCUT2D eigenvalue weighted by Crippen LogP contribution is -2.49. The van der Waals surface area contributed by atoms with Gasteiger partial charge < -0.3 is 15.0 Å². The molecule has 0 aromatic carbocycles. The summed E-state index contributed by atoms with van der Waals surface area (Å²) in [7, 11) is 0. The van der Waals surface area contributed by atoms with Crippen LogP contribution in [-0.2, 0) is 9.53 Å². The Kier molecular flexibility index (Phi) is 4.29. The van der Waals surface area contributed by atoms with Gasteiger partial charge in [0.15, 0.2) is 0 Å². The second-order valence-corrected chi connectivity index (χ2v) is 6.65. The van der Waals surface area contributed by atoms with Crippen molar-refractivity contribution in [3.8, 4) is 0 Å². The number of nitrogens with one attached hydrogen (secondary N) is 1. The third-order valence-corrected chi connectivity index (χ3v) is 5.24. The molecule has 0 aromatic rings. The molecule has 5 heteroatoms. The number of hydrogen-bond donors (Lipinski definition) is 1. The molecule has 1 unspecified atom stereocenters. The number of amides is 1. The summed E-state index contributed by atoms with van der Waals surface area (Å²) >= 11 is 0. The maximum absolute atomic E-state index is 12.8. The van der Waals surface area contributed by atoms with Gasteiger partial charge in [0, 0.05) is 37.6 Å². The van der Waals surface area contributed by atoms with Gasteiger partial charge in [0.05, 0.1) is 13.2 Å². The first-order valence-corrected chi connectivity index (χ1v) is 8.01. The number of piperidine rings is 1. The summed E-state index contributed by atoms with van der Waals surface area (Å²) in [6.07, 6.45) is 3.08. The van der Waals surface area contributed by atoms with E-state index in [0.717, 1.165) is 71.7 Å². The quantitative estimate of drug-likeness (QED) is 0.791. The van der Waals surface area contributed by atoms with E-state index >= 15 is 0 Å². The fourth-order valence-corrected chi connectivity index (χ4v) is 3.74. The molecule has 20 heavy (non-hydrogen) atoms. The van der Waals surface area contributed by atoms with Gasteiger partial charge in [-0.15, -0.1) is 0 Å². The molecule has 114 valence electrons. The van der Waals surface area contributed by atoms with Crippen LogP contribution in [0.4, 0.5) is 0 Å². The maximum atomic E-state index is 12.8. The van der Waals surface area contributed by atoms with E-state index in [-0.39, 0.29) is 5.41 Å². The Balaban J connectivity index is 1.57. The average molecular weight is 281 g/mol. The van der Waals surface area contributed by atoms with Crippen LogP contribution in [0.2, 0.25) is 0 Å². The van der Waals surface area contributed by atoms with Gasteiger partial charge in [0.2, 0.25) is 5.91 Å². The molecule has 1 atom stereocenters. The molecule has 3 aliphatic rings. The summed E-state index contributed by atoms with van der Waals surface area (Å²) in [5.74, 6) is 0.384. The molecule has 0 aromatic heterocycles. The average Bonchev–Trinajstić information content (AvgIpc) is 2.98. The second-order valence-electron chi connectivity index (χ2n) is 6.65. The van der Waals surface area contributed by atoms with E-state index in [2.05, 4.69) is 22.0 Å². The normalized spacial score (nSPS) is 31.4. The van der Waals surface area contributed by atoms with Crippen molar-refractivity contribution >= 4 is 5.91 Å². The number of hydrogen-bond acceptors (Lipinski definition) is 4. The standard InChI is InChI=1S/C15H27N3O2/c1-15(3-5-16-6-4-15)14(19)18-7-2-13(12-18)17-8-10-20-11-9-17/h13,16H,2-12H2,1H3. The first-order valence-electron chi connectivity index (χ1n) is 8.01. The zero-order valence-electron chi connectivity index (χ0n) is 12.6. The number of carbonyl (C=O) groups excluding carboxylic acids is 1. The van der Waals surface area contributed by atoms with Gasteiger partial charge in [-0.3, -0.25) is 9.69 Å². The lowest BCUT2D eigenvalue weighted by atomic mass is 9.80. The molecule has 0 saturated carbocycles. The highest BCUT2D eigenvalue weighted by molar-refractivity contribution is 5.82. The topological polar surface area (TPSA) is 44.8 Å². The molecule has 0 radical (unpaired) electrons. The zero-order valence-corrected chi connectivity index (χ0v) is 12.6. The SMILES string of the molecule is CC1(C(=O)N2CCC(N3CCOCC3)C2)CCNCC1. The number of ether oxygens (including phenoxy) is 1. The van der Waals surface area contributed by atoms with E-state index < -0.39 is 0 Å². The molecule has 3 rings (SSSR count). The van der Waals surface area contributed by atoms with Gasteiger partial charge in [-0.05, 0) is 32.4 Å². The van der Waals surface area contributed by atoms with Gasteiger partial charge in [0.1, 0.15) is 0 Å². The van der Waals surface area contributed by atoms with E-state index in [1.807, 2.05) is 0 Å². The number of likely N-dealkylation sites (tertiary alicyclic amines) is 1. The molecule has 0 aliphatic carbocycles. The van der Waals surface area contributed by atoms with Crippen molar-refractivity contribution in [2.24, 2.45) is 5.41 Å². The van der Waals surface area contributed by atoms with Gasteiger partial charge in [-0.25, -0.2) is 0 Å². The third-order valence-electron chi connectivity index (χ3n) is 5.24. The first kappa shape index (κ1) is 14.3. The molecule has 3 aliphatic heterocycles. The molecular formula is C15H27N3O2. The summed E-state index contributed by atoms with van der Waals surface area (Å²) in [5, 5.41) is 3.35. The summed E-state index contributed by atoms with van der Waals surface area (Å²) in [6.45, 7) is 9.68. The van der Waals surface area contributed by atoms with Crippen molar-refractivity contribution in [3.05, 3.63) is 0 Å².